The van der Waals surface area contributed by atoms with Crippen LogP contribution < -0.4 is 15.8 Å². The number of aliphatic hydroxyl groups is 3. The summed E-state index contributed by atoms with van der Waals surface area (Å²) < 4.78 is 5.21. The third-order valence-electron chi connectivity index (χ3n) is 10.1. The number of carbonyl (C=O) groups excluding carboxylic acids is 3. The molecule has 3 aromatic rings. The van der Waals surface area contributed by atoms with E-state index in [0.717, 1.165) is 28.0 Å². The number of fused-ring (bicyclic) bond motifs is 3. The number of likely N-dealkylation sites (N-methyl/N-ethyl adjacent to an activating group) is 1. The van der Waals surface area contributed by atoms with Gasteiger partial charge in [0, 0.05) is 30.6 Å². The van der Waals surface area contributed by atoms with Crippen molar-refractivity contribution < 1.29 is 39.5 Å². The summed E-state index contributed by atoms with van der Waals surface area (Å²) in [7, 11) is 4.88. The maximum absolute atomic E-state index is 14.1. The number of aromatic hydroxyl groups is 1. The molecule has 3 aliphatic rings. The van der Waals surface area contributed by atoms with Gasteiger partial charge >= 0.3 is 0 Å². The van der Waals surface area contributed by atoms with Crippen LogP contribution in [0, 0.1) is 17.8 Å². The number of hydrogen-bond donors (Lipinski definition) is 6. The summed E-state index contributed by atoms with van der Waals surface area (Å²) in [6.07, 6.45) is -1.25. The summed E-state index contributed by atoms with van der Waals surface area (Å²) in [5.41, 5.74) is 7.06. The molecule has 2 saturated carbocycles. The molecule has 6 atom stereocenters. The van der Waals surface area contributed by atoms with Gasteiger partial charge in [-0.1, -0.05) is 42.5 Å². The van der Waals surface area contributed by atoms with Gasteiger partial charge in [0.2, 0.25) is 11.7 Å². The average molecular weight is 642 g/mol. The van der Waals surface area contributed by atoms with Gasteiger partial charge in [-0.15, -0.1) is 0 Å². The predicted octanol–water partition coefficient (Wildman–Crippen LogP) is 2.09. The fourth-order valence-electron chi connectivity index (χ4n) is 7.77. The standard InChI is InChI=1S/C36H39N3O8/c1-39(2)30-25-15-21-14-24-23(20-8-4-18(5-9-20)16-38-17-19-6-10-22(47-3)11-7-19)12-13-26(40)28(24)31(41)27(21)33(43)36(25,46)34(44)29(32(30)42)35(37)45/h4-13,21,25,29-30,32,38,40-42,46H,14-17H2,1-3H3,(H2,37,45)/t21-,25-,29?,30-,32?,36-/m0/s1. The Hall–Kier alpha value is -4.55. The Balaban J connectivity index is 1.31. The quantitative estimate of drug-likeness (QED) is 0.199. The zero-order chi connectivity index (χ0) is 33.8. The number of nitrogens with one attached hydrogen (secondary N) is 1. The molecule has 7 N–H and O–H groups in total. The smallest absolute Gasteiger partial charge is 0.230 e. The van der Waals surface area contributed by atoms with Crippen molar-refractivity contribution in [2.24, 2.45) is 23.5 Å². The topological polar surface area (TPSA) is 183 Å². The number of hydrogen-bond acceptors (Lipinski definition) is 10. The van der Waals surface area contributed by atoms with E-state index in [1.165, 1.54) is 6.07 Å². The summed E-state index contributed by atoms with van der Waals surface area (Å²) in [5, 5.41) is 48.8. The van der Waals surface area contributed by atoms with Crippen molar-refractivity contribution in [3.63, 3.8) is 0 Å². The fraction of sp³-hybridized carbons (Fsp3) is 0.361. The first-order valence-electron chi connectivity index (χ1n) is 15.5. The van der Waals surface area contributed by atoms with Crippen LogP contribution in [-0.4, -0.2) is 81.8 Å². The molecule has 3 aliphatic carbocycles. The summed E-state index contributed by atoms with van der Waals surface area (Å²) in [5.74, 6) is -6.82. The van der Waals surface area contributed by atoms with E-state index in [-0.39, 0.29) is 29.7 Å². The summed E-state index contributed by atoms with van der Waals surface area (Å²) in [6, 6.07) is 18.0. The molecule has 47 heavy (non-hydrogen) atoms. The second kappa shape index (κ2) is 12.2. The first kappa shape index (κ1) is 32.4. The minimum Gasteiger partial charge on any atom is -0.507 e. The van der Waals surface area contributed by atoms with Crippen LogP contribution in [0.25, 0.3) is 16.9 Å². The van der Waals surface area contributed by atoms with E-state index in [9.17, 15) is 34.8 Å². The number of amides is 1. The number of phenols is 1. The van der Waals surface area contributed by atoms with E-state index in [0.29, 0.717) is 18.7 Å². The molecule has 6 rings (SSSR count). The van der Waals surface area contributed by atoms with E-state index in [1.807, 2.05) is 48.5 Å². The van der Waals surface area contributed by atoms with Crippen molar-refractivity contribution in [3.05, 3.63) is 88.5 Å². The molecule has 0 aliphatic heterocycles. The lowest BCUT2D eigenvalue weighted by atomic mass is 9.54. The van der Waals surface area contributed by atoms with E-state index in [2.05, 4.69) is 5.32 Å². The number of ether oxygens (including phenoxy) is 1. The molecule has 0 spiro atoms. The first-order chi connectivity index (χ1) is 22.4. The number of nitrogens with zero attached hydrogens (tertiary/aromatic N) is 1. The third-order valence-corrected chi connectivity index (χ3v) is 10.1. The van der Waals surface area contributed by atoms with Gasteiger partial charge < -0.3 is 41.1 Å². The molecule has 11 heteroatoms. The van der Waals surface area contributed by atoms with Crippen LogP contribution in [0.5, 0.6) is 11.5 Å². The molecule has 0 aromatic heterocycles. The zero-order valence-electron chi connectivity index (χ0n) is 26.4. The molecule has 3 aromatic carbocycles. The monoisotopic (exact) mass is 641 g/mol. The third kappa shape index (κ3) is 5.29. The van der Waals surface area contributed by atoms with Crippen molar-refractivity contribution in [3.8, 4) is 22.6 Å². The highest BCUT2D eigenvalue weighted by Crippen LogP contribution is 2.53. The number of aliphatic hydroxyl groups excluding tert-OH is 2. The molecule has 1 amide bonds. The van der Waals surface area contributed by atoms with Gasteiger partial charge in [-0.3, -0.25) is 14.4 Å². The molecule has 0 bridgehead atoms. The number of primary amides is 1. The summed E-state index contributed by atoms with van der Waals surface area (Å²) >= 11 is 0. The number of methoxy groups -OCH3 is 1. The molecule has 11 nitrogen and oxygen atoms in total. The average Bonchev–Trinajstić information content (AvgIpc) is 3.03. The number of benzene rings is 3. The Labute approximate surface area is 272 Å². The number of ketones is 2. The molecule has 2 unspecified atom stereocenters. The fourth-order valence-corrected chi connectivity index (χ4v) is 7.77. The Morgan fingerprint density at radius 1 is 1.00 bits per heavy atom. The highest BCUT2D eigenvalue weighted by molar-refractivity contribution is 6.25. The first-order valence-corrected chi connectivity index (χ1v) is 15.5. The highest BCUT2D eigenvalue weighted by Gasteiger charge is 2.67. The van der Waals surface area contributed by atoms with E-state index in [1.54, 1.807) is 32.2 Å². The van der Waals surface area contributed by atoms with Crippen LogP contribution in [0.15, 0.2) is 66.2 Å². The second-order valence-corrected chi connectivity index (χ2v) is 12.9. The predicted molar refractivity (Wildman–Crippen MR) is 173 cm³/mol. The lowest BCUT2D eigenvalue weighted by molar-refractivity contribution is -0.184. The van der Waals surface area contributed by atoms with Crippen LogP contribution in [0.1, 0.15) is 28.7 Å². The van der Waals surface area contributed by atoms with Gasteiger partial charge in [0.05, 0.1) is 18.8 Å². The van der Waals surface area contributed by atoms with Crippen molar-refractivity contribution in [2.75, 3.05) is 21.2 Å². The molecular formula is C36H39N3O8. The van der Waals surface area contributed by atoms with Crippen LogP contribution in [0.4, 0.5) is 0 Å². The number of carbonyl (C=O) groups is 3. The highest BCUT2D eigenvalue weighted by atomic mass is 16.5. The summed E-state index contributed by atoms with van der Waals surface area (Å²) in [6.45, 7) is 1.32. The number of phenolic OH excluding ortho intramolecular Hbond substituents is 1. The Kier molecular flexibility index (Phi) is 8.43. The zero-order valence-corrected chi connectivity index (χ0v) is 26.4. The maximum Gasteiger partial charge on any atom is 0.230 e. The second-order valence-electron chi connectivity index (χ2n) is 12.9. The SMILES string of the molecule is COc1ccc(CNCc2ccc(-c3ccc(O)c4c3C[C@H]3C[C@H]5[C@H](N(C)C)C(O)C(C(N)=O)C(=O)[C@@]5(O)C(=O)C3=C4O)cc2)cc1. The number of Topliss-reactive ketones (excluding diaryl/α,β-unsaturated/α-hetero) is 2. The lowest BCUT2D eigenvalue weighted by Crippen LogP contribution is -2.73. The Bertz CT molecular complexity index is 1770. The largest absolute Gasteiger partial charge is 0.507 e. The van der Waals surface area contributed by atoms with Gasteiger partial charge in [-0.2, -0.15) is 0 Å². The van der Waals surface area contributed by atoms with Crippen molar-refractivity contribution in [1.29, 1.82) is 0 Å². The van der Waals surface area contributed by atoms with E-state index >= 15 is 0 Å². The van der Waals surface area contributed by atoms with Gasteiger partial charge in [-0.05, 0) is 78.9 Å². The van der Waals surface area contributed by atoms with E-state index in [4.69, 9.17) is 10.5 Å². The Morgan fingerprint density at radius 2 is 1.62 bits per heavy atom. The van der Waals surface area contributed by atoms with Crippen LogP contribution in [0.2, 0.25) is 0 Å². The molecule has 0 heterocycles. The molecule has 246 valence electrons. The van der Waals surface area contributed by atoms with Crippen molar-refractivity contribution >= 4 is 23.2 Å². The molecule has 0 saturated heterocycles. The van der Waals surface area contributed by atoms with Crippen LogP contribution in [-0.2, 0) is 33.9 Å². The lowest BCUT2D eigenvalue weighted by Gasteiger charge is -2.53. The maximum atomic E-state index is 14.1. The minimum absolute atomic E-state index is 0.0616. The van der Waals surface area contributed by atoms with Gasteiger partial charge in [0.25, 0.3) is 0 Å². The van der Waals surface area contributed by atoms with E-state index < -0.39 is 58.7 Å². The van der Waals surface area contributed by atoms with Crippen molar-refractivity contribution in [2.45, 2.75) is 43.7 Å². The van der Waals surface area contributed by atoms with Gasteiger partial charge in [0.15, 0.2) is 11.4 Å². The van der Waals surface area contributed by atoms with Crippen LogP contribution >= 0.6 is 0 Å². The summed E-state index contributed by atoms with van der Waals surface area (Å²) in [4.78, 5) is 41.4. The minimum atomic E-state index is -2.68. The van der Waals surface area contributed by atoms with Gasteiger partial charge in [0.1, 0.15) is 23.2 Å². The normalized spacial score (nSPS) is 26.9. The number of rotatable bonds is 8. The molecule has 0 radical (unpaired) electrons. The molecular weight excluding hydrogens is 602 g/mol. The Morgan fingerprint density at radius 3 is 2.19 bits per heavy atom. The number of nitrogens with two attached hydrogens (primary N) is 1. The van der Waals surface area contributed by atoms with Gasteiger partial charge in [-0.25, -0.2) is 0 Å². The molecule has 2 fully saturated rings. The van der Waals surface area contributed by atoms with Crippen LogP contribution in [0.3, 0.4) is 0 Å². The van der Waals surface area contributed by atoms with Crippen molar-refractivity contribution in [1.82, 2.24) is 10.2 Å².